The predicted molar refractivity (Wildman–Crippen MR) is 89.8 cm³/mol. The lowest BCUT2D eigenvalue weighted by Gasteiger charge is -2.22. The summed E-state index contributed by atoms with van der Waals surface area (Å²) >= 11 is 7.62. The van der Waals surface area contributed by atoms with Crippen molar-refractivity contribution in [3.05, 3.63) is 29.3 Å². The van der Waals surface area contributed by atoms with Gasteiger partial charge in [-0.3, -0.25) is 4.79 Å². The van der Waals surface area contributed by atoms with Gasteiger partial charge in [0.1, 0.15) is 0 Å². The highest BCUT2D eigenvalue weighted by Gasteiger charge is 2.34. The van der Waals surface area contributed by atoms with Crippen molar-refractivity contribution in [3.8, 4) is 0 Å². The van der Waals surface area contributed by atoms with E-state index in [1.807, 2.05) is 29.2 Å². The lowest BCUT2D eigenvalue weighted by atomic mass is 9.90. The number of hydrogen-bond acceptors (Lipinski definition) is 3. The zero-order chi connectivity index (χ0) is 15.3. The van der Waals surface area contributed by atoms with E-state index in [0.29, 0.717) is 13.0 Å². The highest BCUT2D eigenvalue weighted by Crippen LogP contribution is 2.29. The van der Waals surface area contributed by atoms with Gasteiger partial charge < -0.3 is 10.6 Å². The normalized spacial score (nSPS) is 21.8. The Kier molecular flexibility index (Phi) is 5.97. The van der Waals surface area contributed by atoms with Gasteiger partial charge in [0.05, 0.1) is 0 Å². The first-order chi connectivity index (χ1) is 10.0. The third kappa shape index (κ3) is 4.90. The van der Waals surface area contributed by atoms with E-state index in [-0.39, 0.29) is 11.3 Å². The Hall–Kier alpha value is -0.710. The molecule has 1 aromatic rings. The van der Waals surface area contributed by atoms with Crippen LogP contribution in [0, 0.1) is 5.41 Å². The number of thioether (sulfide) groups is 1. The summed E-state index contributed by atoms with van der Waals surface area (Å²) < 4.78 is 0. The van der Waals surface area contributed by atoms with E-state index in [0.717, 1.165) is 36.7 Å². The average molecular weight is 327 g/mol. The van der Waals surface area contributed by atoms with Crippen LogP contribution in [0.5, 0.6) is 0 Å². The van der Waals surface area contributed by atoms with Crippen LogP contribution in [-0.4, -0.2) is 36.2 Å². The Labute approximate surface area is 136 Å². The molecule has 0 bridgehead atoms. The molecule has 1 amide bonds. The van der Waals surface area contributed by atoms with Crippen molar-refractivity contribution in [2.24, 2.45) is 11.1 Å². The molecule has 1 aromatic carbocycles. The molecule has 1 unspecified atom stereocenters. The van der Waals surface area contributed by atoms with Gasteiger partial charge in [0, 0.05) is 29.4 Å². The van der Waals surface area contributed by atoms with Crippen LogP contribution in [0.2, 0.25) is 5.02 Å². The van der Waals surface area contributed by atoms with E-state index >= 15 is 0 Å². The van der Waals surface area contributed by atoms with Gasteiger partial charge in [-0.25, -0.2) is 0 Å². The predicted octanol–water partition coefficient (Wildman–Crippen LogP) is 3.41. The minimum absolute atomic E-state index is 0.119. The van der Waals surface area contributed by atoms with Crippen LogP contribution in [0.1, 0.15) is 26.2 Å². The number of nitrogens with zero attached hydrogens (tertiary/aromatic N) is 1. The van der Waals surface area contributed by atoms with Crippen molar-refractivity contribution in [2.75, 3.05) is 25.4 Å². The number of benzene rings is 1. The van der Waals surface area contributed by atoms with Crippen LogP contribution < -0.4 is 5.73 Å². The summed E-state index contributed by atoms with van der Waals surface area (Å²) in [7, 11) is 0. The standard InChI is InChI=1S/C16H23ClN2OS/c1-16(11-18)8-9-19(12-16)15(20)3-2-10-21-14-6-4-13(17)5-7-14/h4-7H,2-3,8-12,18H2,1H3. The quantitative estimate of drug-likeness (QED) is 0.643. The molecule has 0 aliphatic carbocycles. The number of amides is 1. The largest absolute Gasteiger partial charge is 0.342 e. The van der Waals surface area contributed by atoms with Crippen molar-refractivity contribution >= 4 is 29.3 Å². The molecule has 1 saturated heterocycles. The maximum Gasteiger partial charge on any atom is 0.222 e. The average Bonchev–Trinajstić information content (AvgIpc) is 2.89. The van der Waals surface area contributed by atoms with Gasteiger partial charge in [-0.15, -0.1) is 11.8 Å². The minimum atomic E-state index is 0.119. The smallest absolute Gasteiger partial charge is 0.222 e. The van der Waals surface area contributed by atoms with Crippen LogP contribution >= 0.6 is 23.4 Å². The Morgan fingerprint density at radius 3 is 2.76 bits per heavy atom. The van der Waals surface area contributed by atoms with Gasteiger partial charge in [0.25, 0.3) is 0 Å². The molecule has 1 atom stereocenters. The zero-order valence-corrected chi connectivity index (χ0v) is 14.1. The first kappa shape index (κ1) is 16.7. The van der Waals surface area contributed by atoms with Crippen LogP contribution in [0.4, 0.5) is 0 Å². The summed E-state index contributed by atoms with van der Waals surface area (Å²) in [6.07, 6.45) is 2.55. The highest BCUT2D eigenvalue weighted by molar-refractivity contribution is 7.99. The fourth-order valence-electron chi connectivity index (χ4n) is 2.51. The highest BCUT2D eigenvalue weighted by atomic mass is 35.5. The van der Waals surface area contributed by atoms with E-state index in [1.165, 1.54) is 4.90 Å². The zero-order valence-electron chi connectivity index (χ0n) is 12.5. The third-order valence-electron chi connectivity index (χ3n) is 4.02. The molecule has 0 aromatic heterocycles. The Bertz CT molecular complexity index is 480. The molecule has 3 nitrogen and oxygen atoms in total. The SMILES string of the molecule is CC1(CN)CCN(C(=O)CCCSc2ccc(Cl)cc2)C1. The number of likely N-dealkylation sites (tertiary alicyclic amines) is 1. The number of nitrogens with two attached hydrogens (primary N) is 1. The third-order valence-corrected chi connectivity index (χ3v) is 5.37. The van der Waals surface area contributed by atoms with Gasteiger partial charge in [-0.2, -0.15) is 0 Å². The number of carbonyl (C=O) groups excluding carboxylic acids is 1. The van der Waals surface area contributed by atoms with Gasteiger partial charge in [0.15, 0.2) is 0 Å². The molecule has 2 N–H and O–H groups in total. The second-order valence-electron chi connectivity index (χ2n) is 5.99. The van der Waals surface area contributed by atoms with Gasteiger partial charge in [-0.1, -0.05) is 18.5 Å². The fraction of sp³-hybridized carbons (Fsp3) is 0.562. The van der Waals surface area contributed by atoms with E-state index in [4.69, 9.17) is 17.3 Å². The molecule has 116 valence electrons. The Morgan fingerprint density at radius 2 is 2.14 bits per heavy atom. The molecule has 5 heteroatoms. The molecular weight excluding hydrogens is 304 g/mol. The molecule has 0 radical (unpaired) electrons. The monoisotopic (exact) mass is 326 g/mol. The summed E-state index contributed by atoms with van der Waals surface area (Å²) in [6.45, 7) is 4.49. The first-order valence-corrected chi connectivity index (χ1v) is 8.75. The van der Waals surface area contributed by atoms with Crippen LogP contribution in [0.25, 0.3) is 0 Å². The number of hydrogen-bond donors (Lipinski definition) is 1. The van der Waals surface area contributed by atoms with Crippen molar-refractivity contribution in [1.29, 1.82) is 0 Å². The van der Waals surface area contributed by atoms with Crippen LogP contribution in [-0.2, 0) is 4.79 Å². The summed E-state index contributed by atoms with van der Waals surface area (Å²) in [6, 6.07) is 7.82. The van der Waals surface area contributed by atoms with Gasteiger partial charge in [-0.05, 0) is 54.8 Å². The fourth-order valence-corrected chi connectivity index (χ4v) is 3.48. The van der Waals surface area contributed by atoms with Crippen LogP contribution in [0.15, 0.2) is 29.2 Å². The number of halogens is 1. The Morgan fingerprint density at radius 1 is 1.43 bits per heavy atom. The topological polar surface area (TPSA) is 46.3 Å². The number of rotatable bonds is 6. The molecule has 1 aliphatic heterocycles. The van der Waals surface area contributed by atoms with Gasteiger partial charge in [0.2, 0.25) is 5.91 Å². The van der Waals surface area contributed by atoms with Crippen molar-refractivity contribution in [2.45, 2.75) is 31.1 Å². The Balaban J connectivity index is 1.67. The molecule has 2 rings (SSSR count). The molecule has 0 spiro atoms. The summed E-state index contributed by atoms with van der Waals surface area (Å²) in [5.74, 6) is 1.22. The minimum Gasteiger partial charge on any atom is -0.342 e. The van der Waals surface area contributed by atoms with E-state index < -0.39 is 0 Å². The molecule has 21 heavy (non-hydrogen) atoms. The summed E-state index contributed by atoms with van der Waals surface area (Å²) in [5.41, 5.74) is 5.90. The second kappa shape index (κ2) is 7.52. The van der Waals surface area contributed by atoms with Crippen molar-refractivity contribution in [1.82, 2.24) is 4.90 Å². The molecule has 1 fully saturated rings. The summed E-state index contributed by atoms with van der Waals surface area (Å²) in [4.78, 5) is 15.3. The summed E-state index contributed by atoms with van der Waals surface area (Å²) in [5, 5.41) is 0.756. The van der Waals surface area contributed by atoms with Crippen molar-refractivity contribution in [3.63, 3.8) is 0 Å². The maximum atomic E-state index is 12.2. The molecule has 0 saturated carbocycles. The lowest BCUT2D eigenvalue weighted by molar-refractivity contribution is -0.130. The number of carbonyl (C=O) groups is 1. The molecule has 1 aliphatic rings. The van der Waals surface area contributed by atoms with Crippen LogP contribution in [0.3, 0.4) is 0 Å². The maximum absolute atomic E-state index is 12.2. The van der Waals surface area contributed by atoms with E-state index in [2.05, 4.69) is 6.92 Å². The van der Waals surface area contributed by atoms with Gasteiger partial charge >= 0.3 is 0 Å². The van der Waals surface area contributed by atoms with E-state index in [9.17, 15) is 4.79 Å². The van der Waals surface area contributed by atoms with Crippen molar-refractivity contribution < 1.29 is 4.79 Å². The van der Waals surface area contributed by atoms with E-state index in [1.54, 1.807) is 11.8 Å². The first-order valence-electron chi connectivity index (χ1n) is 7.39. The lowest BCUT2D eigenvalue weighted by Crippen LogP contribution is -2.34. The second-order valence-corrected chi connectivity index (χ2v) is 7.59. The molecular formula is C16H23ClN2OS. The molecule has 1 heterocycles.